The zero-order valence-corrected chi connectivity index (χ0v) is 9.09. The first-order chi connectivity index (χ1) is 6.88. The molecule has 0 bridgehead atoms. The average molecular weight is 214 g/mol. The first-order valence-electron chi connectivity index (χ1n) is 4.96. The highest BCUT2D eigenvalue weighted by molar-refractivity contribution is 7.10. The average Bonchev–Trinajstić information content (AvgIpc) is 2.71. The van der Waals surface area contributed by atoms with Gasteiger partial charge in [-0.25, -0.2) is 0 Å². The van der Waals surface area contributed by atoms with Crippen molar-refractivity contribution < 1.29 is 5.11 Å². The highest BCUT2D eigenvalue weighted by Gasteiger charge is 2.08. The largest absolute Gasteiger partial charge is 0.396 e. The zero-order valence-electron chi connectivity index (χ0n) is 8.28. The molecule has 1 unspecified atom stereocenters. The number of aliphatic hydroxyl groups is 1. The lowest BCUT2D eigenvalue weighted by Gasteiger charge is -2.14. The van der Waals surface area contributed by atoms with E-state index in [0.29, 0.717) is 6.54 Å². The van der Waals surface area contributed by atoms with E-state index in [2.05, 4.69) is 16.8 Å². The molecular weight excluding hydrogens is 196 g/mol. The molecule has 0 aliphatic carbocycles. The van der Waals surface area contributed by atoms with Gasteiger partial charge in [0.05, 0.1) is 6.04 Å². The van der Waals surface area contributed by atoms with Crippen molar-refractivity contribution >= 4 is 11.3 Å². The minimum Gasteiger partial charge on any atom is -0.396 e. The van der Waals surface area contributed by atoms with Crippen LogP contribution in [-0.4, -0.2) is 24.8 Å². The maximum absolute atomic E-state index is 8.62. The van der Waals surface area contributed by atoms with Crippen LogP contribution in [0.25, 0.3) is 0 Å². The molecule has 3 nitrogen and oxygen atoms in total. The quantitative estimate of drug-likeness (QED) is 0.596. The molecule has 0 aromatic carbocycles. The molecular formula is C10H18N2OS. The van der Waals surface area contributed by atoms with Crippen molar-refractivity contribution in [1.82, 2.24) is 5.32 Å². The smallest absolute Gasteiger partial charge is 0.0539 e. The maximum atomic E-state index is 8.62. The summed E-state index contributed by atoms with van der Waals surface area (Å²) < 4.78 is 0. The van der Waals surface area contributed by atoms with Crippen molar-refractivity contribution in [2.75, 3.05) is 19.7 Å². The van der Waals surface area contributed by atoms with Crippen molar-refractivity contribution in [3.05, 3.63) is 22.4 Å². The molecule has 0 aliphatic rings. The fraction of sp³-hybridized carbons (Fsp3) is 0.600. The van der Waals surface area contributed by atoms with E-state index in [1.54, 1.807) is 11.3 Å². The molecule has 0 saturated carbocycles. The fourth-order valence-electron chi connectivity index (χ4n) is 1.30. The van der Waals surface area contributed by atoms with E-state index in [1.165, 1.54) is 4.88 Å². The van der Waals surface area contributed by atoms with Crippen LogP contribution in [0.4, 0.5) is 0 Å². The first-order valence-corrected chi connectivity index (χ1v) is 5.84. The number of thiophene rings is 1. The Balaban J connectivity index is 2.26. The monoisotopic (exact) mass is 214 g/mol. The van der Waals surface area contributed by atoms with Gasteiger partial charge in [0.2, 0.25) is 0 Å². The van der Waals surface area contributed by atoms with Crippen LogP contribution in [0.15, 0.2) is 17.5 Å². The van der Waals surface area contributed by atoms with Crippen LogP contribution in [0.2, 0.25) is 0 Å². The number of hydrogen-bond donors (Lipinski definition) is 3. The first kappa shape index (κ1) is 11.7. The van der Waals surface area contributed by atoms with Gasteiger partial charge in [-0.1, -0.05) is 6.07 Å². The number of nitrogens with two attached hydrogens (primary N) is 1. The lowest BCUT2D eigenvalue weighted by molar-refractivity contribution is 0.282. The Morgan fingerprint density at radius 2 is 2.36 bits per heavy atom. The summed E-state index contributed by atoms with van der Waals surface area (Å²) in [6, 6.07) is 4.41. The van der Waals surface area contributed by atoms with Gasteiger partial charge >= 0.3 is 0 Å². The minimum atomic E-state index is 0.272. The predicted molar refractivity (Wildman–Crippen MR) is 60.4 cm³/mol. The van der Waals surface area contributed by atoms with E-state index in [4.69, 9.17) is 10.8 Å². The van der Waals surface area contributed by atoms with Crippen LogP contribution in [0.1, 0.15) is 23.8 Å². The van der Waals surface area contributed by atoms with Crippen molar-refractivity contribution in [3.63, 3.8) is 0 Å². The summed E-state index contributed by atoms with van der Waals surface area (Å²) in [5.41, 5.74) is 5.67. The van der Waals surface area contributed by atoms with E-state index in [9.17, 15) is 0 Å². The molecule has 0 saturated heterocycles. The second-order valence-electron chi connectivity index (χ2n) is 3.19. The van der Waals surface area contributed by atoms with Gasteiger partial charge in [-0.2, -0.15) is 0 Å². The summed E-state index contributed by atoms with van der Waals surface area (Å²) in [6.45, 7) is 1.81. The van der Waals surface area contributed by atoms with E-state index >= 15 is 0 Å². The molecule has 0 aliphatic heterocycles. The molecule has 14 heavy (non-hydrogen) atoms. The SMILES string of the molecule is NCC(NCCCCO)c1cccs1. The van der Waals surface area contributed by atoms with E-state index in [1.807, 2.05) is 6.07 Å². The molecule has 1 rings (SSSR count). The third-order valence-electron chi connectivity index (χ3n) is 2.10. The Hall–Kier alpha value is -0.420. The summed E-state index contributed by atoms with van der Waals surface area (Å²) in [6.07, 6.45) is 1.85. The van der Waals surface area contributed by atoms with Crippen molar-refractivity contribution in [3.8, 4) is 0 Å². The van der Waals surface area contributed by atoms with Crippen molar-refractivity contribution in [2.45, 2.75) is 18.9 Å². The Bertz CT molecular complexity index is 226. The van der Waals surface area contributed by atoms with Gasteiger partial charge in [0.25, 0.3) is 0 Å². The highest BCUT2D eigenvalue weighted by atomic mass is 32.1. The third kappa shape index (κ3) is 3.75. The number of nitrogens with one attached hydrogen (secondary N) is 1. The molecule has 0 spiro atoms. The van der Waals surface area contributed by atoms with Crippen molar-refractivity contribution in [2.24, 2.45) is 5.73 Å². The third-order valence-corrected chi connectivity index (χ3v) is 3.08. The minimum absolute atomic E-state index is 0.272. The second kappa shape index (κ2) is 6.95. The van der Waals surface area contributed by atoms with Gasteiger partial charge in [0, 0.05) is 18.0 Å². The molecule has 4 N–H and O–H groups in total. The second-order valence-corrected chi connectivity index (χ2v) is 4.17. The highest BCUT2D eigenvalue weighted by Crippen LogP contribution is 2.17. The normalized spacial score (nSPS) is 13.0. The Morgan fingerprint density at radius 3 is 2.93 bits per heavy atom. The molecule has 0 amide bonds. The summed E-state index contributed by atoms with van der Waals surface area (Å²) in [5.74, 6) is 0. The van der Waals surface area contributed by atoms with E-state index in [0.717, 1.165) is 19.4 Å². The van der Waals surface area contributed by atoms with Crippen LogP contribution in [0.3, 0.4) is 0 Å². The predicted octanol–water partition coefficient (Wildman–Crippen LogP) is 1.11. The van der Waals surface area contributed by atoms with Gasteiger partial charge in [0.15, 0.2) is 0 Å². The van der Waals surface area contributed by atoms with Crippen molar-refractivity contribution in [1.29, 1.82) is 0 Å². The summed E-state index contributed by atoms with van der Waals surface area (Å²) in [7, 11) is 0. The topological polar surface area (TPSA) is 58.3 Å². The fourth-order valence-corrected chi connectivity index (χ4v) is 2.12. The molecule has 80 valence electrons. The standard InChI is InChI=1S/C10H18N2OS/c11-8-9(10-4-3-7-14-10)12-5-1-2-6-13/h3-4,7,9,12-13H,1-2,5-6,8,11H2. The maximum Gasteiger partial charge on any atom is 0.0539 e. The van der Waals surface area contributed by atoms with Gasteiger partial charge in [-0.15, -0.1) is 11.3 Å². The summed E-state index contributed by atoms with van der Waals surface area (Å²) >= 11 is 1.73. The Morgan fingerprint density at radius 1 is 1.50 bits per heavy atom. The summed E-state index contributed by atoms with van der Waals surface area (Å²) in [5, 5.41) is 14.1. The molecule has 1 aromatic rings. The molecule has 0 radical (unpaired) electrons. The van der Waals surface area contributed by atoms with E-state index < -0.39 is 0 Å². The van der Waals surface area contributed by atoms with Gasteiger partial charge < -0.3 is 16.2 Å². The van der Waals surface area contributed by atoms with Crippen LogP contribution < -0.4 is 11.1 Å². The number of unbranched alkanes of at least 4 members (excludes halogenated alkanes) is 1. The van der Waals surface area contributed by atoms with E-state index in [-0.39, 0.29) is 12.6 Å². The molecule has 1 heterocycles. The van der Waals surface area contributed by atoms with Gasteiger partial charge in [-0.3, -0.25) is 0 Å². The van der Waals surface area contributed by atoms with Crippen LogP contribution in [0.5, 0.6) is 0 Å². The van der Waals surface area contributed by atoms with Crippen LogP contribution in [-0.2, 0) is 0 Å². The Kier molecular flexibility index (Phi) is 5.78. The Labute approximate surface area is 88.9 Å². The lowest BCUT2D eigenvalue weighted by atomic mass is 10.2. The van der Waals surface area contributed by atoms with Gasteiger partial charge in [0.1, 0.15) is 0 Å². The molecule has 0 fully saturated rings. The molecule has 4 heteroatoms. The molecule has 1 aromatic heterocycles. The molecule has 1 atom stereocenters. The van der Waals surface area contributed by atoms with Gasteiger partial charge in [-0.05, 0) is 30.8 Å². The number of aliphatic hydroxyl groups excluding tert-OH is 1. The lowest BCUT2D eigenvalue weighted by Crippen LogP contribution is -2.28. The number of rotatable bonds is 7. The number of hydrogen-bond acceptors (Lipinski definition) is 4. The zero-order chi connectivity index (χ0) is 10.2. The van der Waals surface area contributed by atoms with Crippen LogP contribution in [0, 0.1) is 0 Å². The van der Waals surface area contributed by atoms with Crippen LogP contribution >= 0.6 is 11.3 Å². The summed E-state index contributed by atoms with van der Waals surface area (Å²) in [4.78, 5) is 1.29.